The summed E-state index contributed by atoms with van der Waals surface area (Å²) < 4.78 is 5.56. The number of benzene rings is 2. The van der Waals surface area contributed by atoms with Crippen LogP contribution < -0.4 is 11.1 Å². The van der Waals surface area contributed by atoms with Crippen LogP contribution >= 0.6 is 0 Å². The number of nitrogen functional groups attached to an aromatic ring is 1. The van der Waals surface area contributed by atoms with Gasteiger partial charge in [0.1, 0.15) is 5.58 Å². The predicted octanol–water partition coefficient (Wildman–Crippen LogP) is 3.88. The van der Waals surface area contributed by atoms with Gasteiger partial charge in [0.2, 0.25) is 0 Å². The minimum absolute atomic E-state index is 0.265. The van der Waals surface area contributed by atoms with Gasteiger partial charge in [0.15, 0.2) is 5.76 Å². The van der Waals surface area contributed by atoms with Gasteiger partial charge in [0.05, 0.1) is 0 Å². The van der Waals surface area contributed by atoms with Crippen LogP contribution in [0, 0.1) is 13.8 Å². The van der Waals surface area contributed by atoms with Gasteiger partial charge < -0.3 is 15.5 Å². The first-order chi connectivity index (χ1) is 10.0. The Balaban J connectivity index is 1.91. The number of rotatable bonds is 2. The van der Waals surface area contributed by atoms with Crippen LogP contribution in [0.2, 0.25) is 0 Å². The van der Waals surface area contributed by atoms with Crippen molar-refractivity contribution >= 4 is 28.3 Å². The van der Waals surface area contributed by atoms with Crippen LogP contribution in [0.1, 0.15) is 21.7 Å². The van der Waals surface area contributed by atoms with Crippen LogP contribution in [0.3, 0.4) is 0 Å². The van der Waals surface area contributed by atoms with Gasteiger partial charge in [0.25, 0.3) is 5.91 Å². The van der Waals surface area contributed by atoms with E-state index in [-0.39, 0.29) is 11.7 Å². The smallest absolute Gasteiger partial charge is 0.291 e. The first kappa shape index (κ1) is 13.2. The average Bonchev–Trinajstić information content (AvgIpc) is 2.86. The molecule has 4 heteroatoms. The second kappa shape index (κ2) is 4.98. The molecular formula is C17H16N2O2. The van der Waals surface area contributed by atoms with Crippen LogP contribution in [0.5, 0.6) is 0 Å². The molecule has 2 aromatic carbocycles. The number of anilines is 2. The van der Waals surface area contributed by atoms with E-state index in [9.17, 15) is 4.79 Å². The molecule has 3 rings (SSSR count). The molecule has 0 atom stereocenters. The summed E-state index contributed by atoms with van der Waals surface area (Å²) in [5.41, 5.74) is 9.91. The van der Waals surface area contributed by atoms with E-state index in [0.29, 0.717) is 11.3 Å². The van der Waals surface area contributed by atoms with Gasteiger partial charge in [-0.05, 0) is 55.3 Å². The van der Waals surface area contributed by atoms with Crippen molar-refractivity contribution in [1.29, 1.82) is 0 Å². The molecule has 1 heterocycles. The molecule has 0 saturated heterocycles. The predicted molar refractivity (Wildman–Crippen MR) is 84.5 cm³/mol. The van der Waals surface area contributed by atoms with Gasteiger partial charge >= 0.3 is 0 Å². The van der Waals surface area contributed by atoms with Crippen molar-refractivity contribution in [3.63, 3.8) is 0 Å². The fourth-order valence-corrected chi connectivity index (χ4v) is 2.23. The fraction of sp³-hybridized carbons (Fsp3) is 0.118. The molecule has 21 heavy (non-hydrogen) atoms. The van der Waals surface area contributed by atoms with Crippen molar-refractivity contribution < 1.29 is 9.21 Å². The summed E-state index contributed by atoms with van der Waals surface area (Å²) in [7, 11) is 0. The van der Waals surface area contributed by atoms with Gasteiger partial charge in [-0.2, -0.15) is 0 Å². The zero-order valence-corrected chi connectivity index (χ0v) is 11.9. The summed E-state index contributed by atoms with van der Waals surface area (Å²) in [5, 5.41) is 3.70. The lowest BCUT2D eigenvalue weighted by Gasteiger charge is -2.07. The maximum atomic E-state index is 12.3. The third-order valence-corrected chi connectivity index (χ3v) is 3.41. The van der Waals surface area contributed by atoms with Gasteiger partial charge in [-0.25, -0.2) is 0 Å². The molecule has 3 N–H and O–H groups in total. The number of nitrogens with one attached hydrogen (secondary N) is 1. The highest BCUT2D eigenvalue weighted by Crippen LogP contribution is 2.23. The molecule has 0 aliphatic rings. The Morgan fingerprint density at radius 2 is 1.90 bits per heavy atom. The second-order valence-electron chi connectivity index (χ2n) is 5.18. The Labute approximate surface area is 122 Å². The number of aryl methyl sites for hydroxylation is 2. The zero-order valence-electron chi connectivity index (χ0n) is 11.9. The molecule has 4 nitrogen and oxygen atoms in total. The monoisotopic (exact) mass is 280 g/mol. The van der Waals surface area contributed by atoms with Crippen molar-refractivity contribution in [2.75, 3.05) is 11.1 Å². The molecule has 0 aliphatic carbocycles. The molecule has 106 valence electrons. The van der Waals surface area contributed by atoms with Crippen LogP contribution in [-0.4, -0.2) is 5.91 Å². The average molecular weight is 280 g/mol. The number of furan rings is 1. The first-order valence-corrected chi connectivity index (χ1v) is 6.70. The summed E-state index contributed by atoms with van der Waals surface area (Å²) in [6.45, 7) is 3.94. The second-order valence-corrected chi connectivity index (χ2v) is 5.18. The molecule has 0 spiro atoms. The van der Waals surface area contributed by atoms with E-state index in [4.69, 9.17) is 10.2 Å². The molecule has 0 saturated carbocycles. The van der Waals surface area contributed by atoms with Crippen LogP contribution in [0.25, 0.3) is 11.0 Å². The minimum atomic E-state index is -0.265. The number of carbonyl (C=O) groups is 1. The van der Waals surface area contributed by atoms with Gasteiger partial charge in [0, 0.05) is 16.8 Å². The van der Waals surface area contributed by atoms with E-state index in [2.05, 4.69) is 5.32 Å². The SMILES string of the molecule is Cc1ccc(C)c(NC(=O)c2cc3cc(N)ccc3o2)c1. The van der Waals surface area contributed by atoms with Crippen molar-refractivity contribution in [3.05, 3.63) is 59.4 Å². The third kappa shape index (κ3) is 2.60. The molecule has 0 radical (unpaired) electrons. The van der Waals surface area contributed by atoms with E-state index < -0.39 is 0 Å². The lowest BCUT2D eigenvalue weighted by molar-refractivity contribution is 0.0998. The molecular weight excluding hydrogens is 264 g/mol. The summed E-state index contributed by atoms with van der Waals surface area (Å²) in [5.74, 6) is 0.00924. The molecule has 1 aromatic heterocycles. The maximum Gasteiger partial charge on any atom is 0.291 e. The van der Waals surface area contributed by atoms with E-state index in [1.54, 1.807) is 24.3 Å². The van der Waals surface area contributed by atoms with Gasteiger partial charge in [-0.15, -0.1) is 0 Å². The zero-order chi connectivity index (χ0) is 15.0. The van der Waals surface area contributed by atoms with Gasteiger partial charge in [-0.3, -0.25) is 4.79 Å². The Morgan fingerprint density at radius 3 is 2.71 bits per heavy atom. The molecule has 3 aromatic rings. The summed E-state index contributed by atoms with van der Waals surface area (Å²) in [4.78, 5) is 12.3. The lowest BCUT2D eigenvalue weighted by Crippen LogP contribution is -2.11. The van der Waals surface area contributed by atoms with E-state index in [1.165, 1.54) is 0 Å². The molecule has 0 fully saturated rings. The molecule has 1 amide bonds. The first-order valence-electron chi connectivity index (χ1n) is 6.70. The molecule has 0 unspecified atom stereocenters. The Hall–Kier alpha value is -2.75. The van der Waals surface area contributed by atoms with E-state index in [0.717, 1.165) is 22.2 Å². The fourth-order valence-electron chi connectivity index (χ4n) is 2.23. The van der Waals surface area contributed by atoms with E-state index >= 15 is 0 Å². The topological polar surface area (TPSA) is 68.3 Å². The minimum Gasteiger partial charge on any atom is -0.451 e. The number of nitrogens with two attached hydrogens (primary N) is 1. The highest BCUT2D eigenvalue weighted by Gasteiger charge is 2.13. The third-order valence-electron chi connectivity index (χ3n) is 3.41. The van der Waals surface area contributed by atoms with E-state index in [1.807, 2.05) is 32.0 Å². The lowest BCUT2D eigenvalue weighted by atomic mass is 10.1. The van der Waals surface area contributed by atoms with Crippen molar-refractivity contribution in [2.24, 2.45) is 0 Å². The van der Waals surface area contributed by atoms with Crippen LogP contribution in [0.15, 0.2) is 46.9 Å². The number of hydrogen-bond donors (Lipinski definition) is 2. The normalized spacial score (nSPS) is 10.8. The van der Waals surface area contributed by atoms with Gasteiger partial charge in [-0.1, -0.05) is 12.1 Å². The van der Waals surface area contributed by atoms with Crippen LogP contribution in [0.4, 0.5) is 11.4 Å². The summed E-state index contributed by atoms with van der Waals surface area (Å²) >= 11 is 0. The Morgan fingerprint density at radius 1 is 1.10 bits per heavy atom. The highest BCUT2D eigenvalue weighted by molar-refractivity contribution is 6.05. The summed E-state index contributed by atoms with van der Waals surface area (Å²) in [6, 6.07) is 12.9. The largest absolute Gasteiger partial charge is 0.451 e. The number of hydrogen-bond acceptors (Lipinski definition) is 3. The van der Waals surface area contributed by atoms with Crippen molar-refractivity contribution in [3.8, 4) is 0 Å². The highest BCUT2D eigenvalue weighted by atomic mass is 16.3. The Bertz CT molecular complexity index is 834. The Kier molecular flexibility index (Phi) is 3.14. The molecule has 0 bridgehead atoms. The molecule has 0 aliphatic heterocycles. The van der Waals surface area contributed by atoms with Crippen LogP contribution in [-0.2, 0) is 0 Å². The quantitative estimate of drug-likeness (QED) is 0.700. The number of fused-ring (bicyclic) bond motifs is 1. The number of carbonyl (C=O) groups excluding carboxylic acids is 1. The van der Waals surface area contributed by atoms with Crippen molar-refractivity contribution in [1.82, 2.24) is 0 Å². The maximum absolute atomic E-state index is 12.3. The van der Waals surface area contributed by atoms with Crippen molar-refractivity contribution in [2.45, 2.75) is 13.8 Å². The number of amides is 1. The standard InChI is InChI=1S/C17H16N2O2/c1-10-3-4-11(2)14(7-10)19-17(20)16-9-12-8-13(18)5-6-15(12)21-16/h3-9H,18H2,1-2H3,(H,19,20). The summed E-state index contributed by atoms with van der Waals surface area (Å²) in [6.07, 6.45) is 0.